The highest BCUT2D eigenvalue weighted by Crippen LogP contribution is 2.26. The highest BCUT2D eigenvalue weighted by Gasteiger charge is 2.33. The summed E-state index contributed by atoms with van der Waals surface area (Å²) in [4.78, 5) is 19.2. The fourth-order valence-corrected chi connectivity index (χ4v) is 3.71. The van der Waals surface area contributed by atoms with Crippen molar-refractivity contribution in [3.8, 4) is 0 Å². The lowest BCUT2D eigenvalue weighted by Crippen LogP contribution is -2.47. The molecule has 1 N–H and O–H groups in total. The zero-order valence-corrected chi connectivity index (χ0v) is 12.2. The Hall–Kier alpha value is -1.88. The van der Waals surface area contributed by atoms with Crippen molar-refractivity contribution in [2.75, 3.05) is 19.6 Å². The van der Waals surface area contributed by atoms with Crippen LogP contribution in [0.4, 0.5) is 0 Å². The van der Waals surface area contributed by atoms with Gasteiger partial charge in [0, 0.05) is 37.8 Å². The van der Waals surface area contributed by atoms with Crippen molar-refractivity contribution in [1.82, 2.24) is 19.8 Å². The van der Waals surface area contributed by atoms with Gasteiger partial charge >= 0.3 is 0 Å². The SMILES string of the molecule is Cn1ccc2cc(C(=O)N[C@@H]3C[C@H]4CCN(C4)C3)ncc21. The Morgan fingerprint density at radius 1 is 1.43 bits per heavy atom. The molecular weight excluding hydrogens is 264 g/mol. The van der Waals surface area contributed by atoms with Crippen LogP contribution in [0.1, 0.15) is 23.3 Å². The number of amides is 1. The summed E-state index contributed by atoms with van der Waals surface area (Å²) in [6, 6.07) is 4.16. The van der Waals surface area contributed by atoms with Gasteiger partial charge in [0.05, 0.1) is 11.7 Å². The molecule has 0 spiro atoms. The first kappa shape index (κ1) is 12.8. The zero-order chi connectivity index (χ0) is 14.4. The van der Waals surface area contributed by atoms with E-state index in [2.05, 4.69) is 15.2 Å². The molecule has 2 fully saturated rings. The van der Waals surface area contributed by atoms with E-state index in [0.29, 0.717) is 5.69 Å². The third-order valence-electron chi connectivity index (χ3n) is 4.81. The Kier molecular flexibility index (Phi) is 2.96. The number of hydrogen-bond donors (Lipinski definition) is 1. The monoisotopic (exact) mass is 284 g/mol. The number of hydrogen-bond acceptors (Lipinski definition) is 3. The van der Waals surface area contributed by atoms with Crippen molar-refractivity contribution < 1.29 is 4.79 Å². The van der Waals surface area contributed by atoms with Gasteiger partial charge < -0.3 is 14.8 Å². The summed E-state index contributed by atoms with van der Waals surface area (Å²) in [5.74, 6) is 0.710. The van der Waals surface area contributed by atoms with Crippen molar-refractivity contribution in [3.05, 3.63) is 30.2 Å². The molecule has 0 aromatic carbocycles. The van der Waals surface area contributed by atoms with Crippen LogP contribution in [0, 0.1) is 5.92 Å². The van der Waals surface area contributed by atoms with Crippen molar-refractivity contribution >= 4 is 16.8 Å². The fraction of sp³-hybridized carbons (Fsp3) is 0.500. The molecule has 0 saturated carbocycles. The maximum atomic E-state index is 12.4. The lowest BCUT2D eigenvalue weighted by molar-refractivity contribution is 0.0904. The summed E-state index contributed by atoms with van der Waals surface area (Å²) in [6.45, 7) is 3.38. The molecule has 0 radical (unpaired) electrons. The minimum absolute atomic E-state index is 0.0479. The summed E-state index contributed by atoms with van der Waals surface area (Å²) in [7, 11) is 1.98. The Bertz CT molecular complexity index is 681. The Morgan fingerprint density at radius 2 is 2.33 bits per heavy atom. The van der Waals surface area contributed by atoms with Crippen LogP contribution in [0.15, 0.2) is 24.5 Å². The molecule has 110 valence electrons. The number of aromatic nitrogens is 2. The average molecular weight is 284 g/mol. The zero-order valence-electron chi connectivity index (χ0n) is 12.2. The number of nitrogens with one attached hydrogen (secondary N) is 1. The minimum Gasteiger partial charge on any atom is -0.349 e. The molecule has 2 aliphatic heterocycles. The molecule has 1 amide bonds. The molecule has 5 nitrogen and oxygen atoms in total. The first-order chi connectivity index (χ1) is 10.2. The van der Waals surface area contributed by atoms with Gasteiger partial charge in [0.15, 0.2) is 0 Å². The van der Waals surface area contributed by atoms with Gasteiger partial charge in [0.1, 0.15) is 5.69 Å². The Labute approximate surface area is 123 Å². The second kappa shape index (κ2) is 4.84. The van der Waals surface area contributed by atoms with Gasteiger partial charge in [-0.15, -0.1) is 0 Å². The summed E-state index contributed by atoms with van der Waals surface area (Å²) in [5.41, 5.74) is 1.56. The lowest BCUT2D eigenvalue weighted by Gasteiger charge is -2.30. The average Bonchev–Trinajstić information content (AvgIpc) is 3.02. The van der Waals surface area contributed by atoms with Crippen LogP contribution in [0.2, 0.25) is 0 Å². The van der Waals surface area contributed by atoms with E-state index in [0.717, 1.165) is 29.8 Å². The van der Waals surface area contributed by atoms with Crippen LogP contribution in [-0.4, -0.2) is 46.0 Å². The molecule has 2 bridgehead atoms. The second-order valence-electron chi connectivity index (χ2n) is 6.38. The van der Waals surface area contributed by atoms with E-state index in [1.165, 1.54) is 19.5 Å². The Morgan fingerprint density at radius 3 is 3.19 bits per heavy atom. The molecule has 0 aliphatic carbocycles. The molecule has 2 aliphatic rings. The summed E-state index contributed by atoms with van der Waals surface area (Å²) in [5, 5.41) is 4.22. The molecule has 5 heteroatoms. The third kappa shape index (κ3) is 2.31. The van der Waals surface area contributed by atoms with Gasteiger partial charge in [0.2, 0.25) is 0 Å². The first-order valence-electron chi connectivity index (χ1n) is 7.63. The molecule has 4 rings (SSSR count). The fourth-order valence-electron chi connectivity index (χ4n) is 3.71. The number of carbonyl (C=O) groups is 1. The van der Waals surface area contributed by atoms with Crippen LogP contribution in [-0.2, 0) is 7.05 Å². The summed E-state index contributed by atoms with van der Waals surface area (Å²) in [6.07, 6.45) is 6.15. The van der Waals surface area contributed by atoms with Gasteiger partial charge in [-0.05, 0) is 37.4 Å². The predicted octanol–water partition coefficient (Wildman–Crippen LogP) is 1.40. The molecule has 1 unspecified atom stereocenters. The Balaban J connectivity index is 1.50. The lowest BCUT2D eigenvalue weighted by atomic mass is 9.97. The number of carbonyl (C=O) groups excluding carboxylic acids is 1. The topological polar surface area (TPSA) is 50.2 Å². The third-order valence-corrected chi connectivity index (χ3v) is 4.81. The van der Waals surface area contributed by atoms with Crippen LogP contribution >= 0.6 is 0 Å². The van der Waals surface area contributed by atoms with E-state index in [1.807, 2.05) is 29.9 Å². The maximum Gasteiger partial charge on any atom is 0.270 e. The predicted molar refractivity (Wildman–Crippen MR) is 81.1 cm³/mol. The van der Waals surface area contributed by atoms with E-state index < -0.39 is 0 Å². The van der Waals surface area contributed by atoms with Crippen molar-refractivity contribution in [1.29, 1.82) is 0 Å². The largest absolute Gasteiger partial charge is 0.349 e. The molecule has 3 atom stereocenters. The molecule has 2 saturated heterocycles. The molecule has 2 aromatic heterocycles. The number of nitrogens with zero attached hydrogens (tertiary/aromatic N) is 3. The minimum atomic E-state index is -0.0479. The van der Waals surface area contributed by atoms with Crippen molar-refractivity contribution in [2.45, 2.75) is 18.9 Å². The van der Waals surface area contributed by atoms with E-state index in [1.54, 1.807) is 6.20 Å². The highest BCUT2D eigenvalue weighted by molar-refractivity contribution is 5.96. The maximum absolute atomic E-state index is 12.4. The molecule has 2 aromatic rings. The van der Waals surface area contributed by atoms with Gasteiger partial charge in [0.25, 0.3) is 5.91 Å². The highest BCUT2D eigenvalue weighted by atomic mass is 16.1. The summed E-state index contributed by atoms with van der Waals surface area (Å²) >= 11 is 0. The first-order valence-corrected chi connectivity index (χ1v) is 7.63. The number of rotatable bonds is 2. The van der Waals surface area contributed by atoms with Crippen LogP contribution < -0.4 is 5.32 Å². The molecular formula is C16H20N4O. The van der Waals surface area contributed by atoms with E-state index in [9.17, 15) is 4.79 Å². The quantitative estimate of drug-likeness (QED) is 0.907. The molecule has 21 heavy (non-hydrogen) atoms. The van der Waals surface area contributed by atoms with Gasteiger partial charge in [-0.3, -0.25) is 4.79 Å². The number of pyridine rings is 1. The standard InChI is InChI=1S/C16H20N4O/c1-19-4-3-12-7-14(17-8-15(12)19)16(21)18-13-6-11-2-5-20(9-11)10-13/h3-4,7-8,11,13H,2,5-6,9-10H2,1H3,(H,18,21)/t11-,13-/m1/s1. The van der Waals surface area contributed by atoms with Crippen LogP contribution in [0.3, 0.4) is 0 Å². The van der Waals surface area contributed by atoms with Crippen LogP contribution in [0.5, 0.6) is 0 Å². The van der Waals surface area contributed by atoms with Crippen molar-refractivity contribution in [3.63, 3.8) is 0 Å². The van der Waals surface area contributed by atoms with Gasteiger partial charge in [-0.25, -0.2) is 4.98 Å². The van der Waals surface area contributed by atoms with E-state index in [4.69, 9.17) is 0 Å². The molecule has 4 heterocycles. The number of piperidine rings is 1. The summed E-state index contributed by atoms with van der Waals surface area (Å²) < 4.78 is 2.01. The normalized spacial score (nSPS) is 28.0. The number of aryl methyl sites for hydroxylation is 1. The number of fused-ring (bicyclic) bond motifs is 3. The van der Waals surface area contributed by atoms with Gasteiger partial charge in [-0.1, -0.05) is 0 Å². The van der Waals surface area contributed by atoms with E-state index >= 15 is 0 Å². The smallest absolute Gasteiger partial charge is 0.270 e. The van der Waals surface area contributed by atoms with E-state index in [-0.39, 0.29) is 11.9 Å². The van der Waals surface area contributed by atoms with Gasteiger partial charge in [-0.2, -0.15) is 0 Å². The van der Waals surface area contributed by atoms with Crippen molar-refractivity contribution in [2.24, 2.45) is 13.0 Å². The second-order valence-corrected chi connectivity index (χ2v) is 6.38. The van der Waals surface area contributed by atoms with Crippen LogP contribution in [0.25, 0.3) is 10.9 Å².